The number of allylic oxidation sites excluding steroid dienone is 6. The van der Waals surface area contributed by atoms with Crippen molar-refractivity contribution in [1.29, 1.82) is 0 Å². The molecule has 0 bridgehead atoms. The summed E-state index contributed by atoms with van der Waals surface area (Å²) in [5.74, 6) is 0.889. The van der Waals surface area contributed by atoms with Crippen molar-refractivity contribution in [2.45, 2.75) is 24.1 Å². The number of rotatable bonds is 1. The highest BCUT2D eigenvalue weighted by molar-refractivity contribution is 7.90. The summed E-state index contributed by atoms with van der Waals surface area (Å²) in [6, 6.07) is 0. The molecule has 0 spiro atoms. The summed E-state index contributed by atoms with van der Waals surface area (Å²) in [6.07, 6.45) is 14.1. The minimum Gasteiger partial charge on any atom is -0.379 e. The number of nitrogens with zero attached hydrogens (tertiary/aromatic N) is 1. The molecule has 3 fully saturated rings. The van der Waals surface area contributed by atoms with E-state index in [0.717, 1.165) is 37.6 Å². The van der Waals surface area contributed by atoms with Gasteiger partial charge in [-0.25, -0.2) is 0 Å². The van der Waals surface area contributed by atoms with E-state index in [1.165, 1.54) is 12.8 Å². The maximum atomic E-state index is 13.3. The lowest BCUT2D eigenvalue weighted by molar-refractivity contribution is -0.00452. The molecule has 0 aromatic heterocycles. The van der Waals surface area contributed by atoms with E-state index in [1.807, 2.05) is 12.2 Å². The van der Waals surface area contributed by atoms with Crippen LogP contribution in [0.5, 0.6) is 0 Å². The molecule has 1 saturated carbocycles. The van der Waals surface area contributed by atoms with Gasteiger partial charge in [0, 0.05) is 29.8 Å². The fourth-order valence-corrected chi connectivity index (χ4v) is 6.84. The fraction of sp³-hybridized carbons (Fsp3) is 0.625. The minimum atomic E-state index is -0.883. The molecular weight excluding hydrogens is 270 g/mol. The maximum absolute atomic E-state index is 13.3. The van der Waals surface area contributed by atoms with Gasteiger partial charge in [0.15, 0.2) is 0 Å². The van der Waals surface area contributed by atoms with Crippen molar-refractivity contribution < 1.29 is 8.95 Å². The molecule has 0 aromatic carbocycles. The first-order valence-electron chi connectivity index (χ1n) is 7.64. The molecule has 0 amide bonds. The molecule has 0 radical (unpaired) electrons. The van der Waals surface area contributed by atoms with Gasteiger partial charge in [-0.2, -0.15) is 0 Å². The average Bonchev–Trinajstić information content (AvgIpc) is 2.90. The maximum Gasteiger partial charge on any atom is 0.105 e. The Hall–Kier alpha value is -0.710. The van der Waals surface area contributed by atoms with Crippen LogP contribution < -0.4 is 0 Å². The largest absolute Gasteiger partial charge is 0.379 e. The van der Waals surface area contributed by atoms with Crippen LogP contribution in [0.15, 0.2) is 35.3 Å². The predicted molar refractivity (Wildman–Crippen MR) is 80.5 cm³/mol. The Morgan fingerprint density at radius 1 is 1.25 bits per heavy atom. The van der Waals surface area contributed by atoms with E-state index in [9.17, 15) is 4.21 Å². The minimum absolute atomic E-state index is 0.115. The first kappa shape index (κ1) is 13.0. The molecule has 4 heteroatoms. The third kappa shape index (κ3) is 1.68. The van der Waals surface area contributed by atoms with Gasteiger partial charge in [-0.1, -0.05) is 30.7 Å². The van der Waals surface area contributed by atoms with Crippen LogP contribution >= 0.6 is 0 Å². The van der Waals surface area contributed by atoms with E-state index >= 15 is 0 Å². The molecule has 2 aliphatic carbocycles. The predicted octanol–water partition coefficient (Wildman–Crippen LogP) is 2.20. The van der Waals surface area contributed by atoms with Gasteiger partial charge >= 0.3 is 0 Å². The Balaban J connectivity index is 1.77. The normalized spacial score (nSPS) is 44.0. The van der Waals surface area contributed by atoms with Crippen molar-refractivity contribution in [2.75, 3.05) is 26.3 Å². The molecule has 2 unspecified atom stereocenters. The topological polar surface area (TPSA) is 29.5 Å². The van der Waals surface area contributed by atoms with E-state index in [-0.39, 0.29) is 4.87 Å². The molecule has 108 valence electrons. The van der Waals surface area contributed by atoms with Crippen LogP contribution in [0.25, 0.3) is 0 Å². The van der Waals surface area contributed by atoms with E-state index in [2.05, 4.69) is 23.1 Å². The van der Waals surface area contributed by atoms with E-state index in [1.54, 1.807) is 0 Å². The highest BCUT2D eigenvalue weighted by Gasteiger charge is 2.61. The zero-order valence-electron chi connectivity index (χ0n) is 11.7. The molecule has 0 aromatic rings. The lowest BCUT2D eigenvalue weighted by Gasteiger charge is -2.42. The van der Waals surface area contributed by atoms with Gasteiger partial charge in [0.1, 0.15) is 4.87 Å². The quantitative estimate of drug-likeness (QED) is 0.742. The van der Waals surface area contributed by atoms with Crippen molar-refractivity contribution in [3.05, 3.63) is 35.3 Å². The molecule has 3 nitrogen and oxygen atoms in total. The molecule has 20 heavy (non-hydrogen) atoms. The van der Waals surface area contributed by atoms with Gasteiger partial charge in [-0.05, 0) is 18.9 Å². The standard InChI is InChI=1S/C16H21NO2S/c18-20-15-7-3-1-2-5-13(15)14-6-4-8-16(14,20)17-9-11-19-12-10-17/h1-3,5,7,13-14H,4,6,8-12H2/t13?,14-,16-,20?/m1/s1. The Kier molecular flexibility index (Phi) is 3.20. The number of morpholine rings is 1. The Labute approximate surface area is 122 Å². The first-order valence-corrected chi connectivity index (χ1v) is 8.79. The zero-order valence-corrected chi connectivity index (χ0v) is 12.5. The summed E-state index contributed by atoms with van der Waals surface area (Å²) >= 11 is 0. The van der Waals surface area contributed by atoms with Gasteiger partial charge < -0.3 is 4.74 Å². The van der Waals surface area contributed by atoms with Gasteiger partial charge in [0.25, 0.3) is 0 Å². The molecule has 2 heterocycles. The van der Waals surface area contributed by atoms with Crippen LogP contribution in [-0.4, -0.2) is 40.3 Å². The molecule has 2 aliphatic heterocycles. The van der Waals surface area contributed by atoms with Crippen LogP contribution in [-0.2, 0) is 15.5 Å². The van der Waals surface area contributed by atoms with E-state index in [4.69, 9.17) is 4.74 Å². The van der Waals surface area contributed by atoms with Crippen molar-refractivity contribution in [1.82, 2.24) is 4.90 Å². The third-order valence-corrected chi connectivity index (χ3v) is 7.52. The zero-order chi connectivity index (χ0) is 13.6. The Morgan fingerprint density at radius 3 is 2.95 bits per heavy atom. The second-order valence-electron chi connectivity index (χ2n) is 6.08. The fourth-order valence-electron chi connectivity index (χ4n) is 4.45. The Morgan fingerprint density at radius 2 is 2.10 bits per heavy atom. The summed E-state index contributed by atoms with van der Waals surface area (Å²) in [5.41, 5.74) is 0. The summed E-state index contributed by atoms with van der Waals surface area (Å²) in [7, 11) is -0.883. The summed E-state index contributed by atoms with van der Waals surface area (Å²) in [4.78, 5) is 3.51. The number of fused-ring (bicyclic) bond motifs is 3. The van der Waals surface area contributed by atoms with Gasteiger partial charge in [0.05, 0.1) is 24.0 Å². The summed E-state index contributed by atoms with van der Waals surface area (Å²) < 4.78 is 18.8. The van der Waals surface area contributed by atoms with Gasteiger partial charge in [-0.3, -0.25) is 9.11 Å². The van der Waals surface area contributed by atoms with Gasteiger partial charge in [-0.15, -0.1) is 0 Å². The summed E-state index contributed by atoms with van der Waals surface area (Å²) in [6.45, 7) is 3.43. The lowest BCUT2D eigenvalue weighted by Crippen LogP contribution is -2.55. The third-order valence-electron chi connectivity index (χ3n) is 5.27. The molecular formula is C16H21NO2S. The van der Waals surface area contributed by atoms with Crippen molar-refractivity contribution >= 4 is 10.8 Å². The smallest absolute Gasteiger partial charge is 0.105 e. The van der Waals surface area contributed by atoms with Crippen LogP contribution in [0.3, 0.4) is 0 Å². The van der Waals surface area contributed by atoms with Gasteiger partial charge in [0.2, 0.25) is 0 Å². The Bertz CT molecular complexity index is 519. The monoisotopic (exact) mass is 291 g/mol. The number of hydrogen-bond donors (Lipinski definition) is 0. The van der Waals surface area contributed by atoms with Crippen LogP contribution in [0.4, 0.5) is 0 Å². The first-order chi connectivity index (χ1) is 9.84. The van der Waals surface area contributed by atoms with Crippen LogP contribution in [0.1, 0.15) is 19.3 Å². The summed E-state index contributed by atoms with van der Waals surface area (Å²) in [5, 5.41) is 0. The highest BCUT2D eigenvalue weighted by atomic mass is 32.2. The second kappa shape index (κ2) is 4.93. The van der Waals surface area contributed by atoms with E-state index < -0.39 is 10.8 Å². The lowest BCUT2D eigenvalue weighted by atomic mass is 9.86. The second-order valence-corrected chi connectivity index (χ2v) is 7.79. The molecule has 4 rings (SSSR count). The molecule has 4 atom stereocenters. The van der Waals surface area contributed by atoms with Crippen molar-refractivity contribution in [3.8, 4) is 0 Å². The van der Waals surface area contributed by atoms with Crippen LogP contribution in [0.2, 0.25) is 0 Å². The van der Waals surface area contributed by atoms with Crippen molar-refractivity contribution in [3.63, 3.8) is 0 Å². The average molecular weight is 291 g/mol. The molecule has 4 aliphatic rings. The number of ether oxygens (including phenoxy) is 1. The van der Waals surface area contributed by atoms with Crippen LogP contribution in [0, 0.1) is 11.8 Å². The van der Waals surface area contributed by atoms with Crippen molar-refractivity contribution in [2.24, 2.45) is 11.8 Å². The SMILES string of the molecule is O=S1C2=CC=CC=CC2[C@H]2CCC[C@]21N1CCOCC1. The molecule has 2 saturated heterocycles. The number of hydrogen-bond acceptors (Lipinski definition) is 3. The molecule has 0 N–H and O–H groups in total. The van der Waals surface area contributed by atoms with E-state index in [0.29, 0.717) is 11.8 Å². The highest BCUT2D eigenvalue weighted by Crippen LogP contribution is 2.57.